The largest absolute Gasteiger partial charge is 0.408 e. The number of para-hydroxylation sites is 2. The predicted molar refractivity (Wildman–Crippen MR) is 68.3 cm³/mol. The minimum Gasteiger partial charge on any atom is -0.408 e. The lowest BCUT2D eigenvalue weighted by Gasteiger charge is -2.08. The van der Waals surface area contributed by atoms with Crippen LogP contribution >= 0.6 is 0 Å². The molecule has 0 aromatic heterocycles. The number of hydrogen-bond acceptors (Lipinski definition) is 2. The molecule has 2 rings (SSSR count). The van der Waals surface area contributed by atoms with Crippen LogP contribution < -0.4 is 10.5 Å². The van der Waals surface area contributed by atoms with Crippen LogP contribution in [-0.4, -0.2) is 6.98 Å². The second-order valence-corrected chi connectivity index (χ2v) is 4.71. The van der Waals surface area contributed by atoms with Crippen molar-refractivity contribution in [1.82, 2.24) is 0 Å². The fourth-order valence-electron chi connectivity index (χ4n) is 2.02. The molecule has 80 valence electrons. The molecule has 1 aromatic carbocycles. The van der Waals surface area contributed by atoms with Crippen molar-refractivity contribution in [2.24, 2.45) is 5.92 Å². The third-order valence-corrected chi connectivity index (χ3v) is 2.86. The Bertz CT molecular complexity index is 300. The van der Waals surface area contributed by atoms with E-state index in [2.05, 4.69) is 48.6 Å². The molecule has 0 bridgehead atoms. The van der Waals surface area contributed by atoms with Gasteiger partial charge in [-0.25, -0.2) is 0 Å². The highest BCUT2D eigenvalue weighted by atomic mass is 15.0. The fraction of sp³-hybridized carbons (Fsp3) is 0.500. The van der Waals surface area contributed by atoms with Crippen LogP contribution in [0.2, 0.25) is 6.32 Å². The van der Waals surface area contributed by atoms with Gasteiger partial charge < -0.3 is 10.5 Å². The van der Waals surface area contributed by atoms with Crippen molar-refractivity contribution in [3.63, 3.8) is 0 Å². The smallest absolute Gasteiger partial charge is 0.370 e. The molecule has 1 aliphatic heterocycles. The van der Waals surface area contributed by atoms with Gasteiger partial charge in [0.15, 0.2) is 0 Å². The SMILES string of the molecule is CC(C)CCCB1Nc2ccccc2N1. The van der Waals surface area contributed by atoms with Crippen LogP contribution in [-0.2, 0) is 0 Å². The molecule has 0 aliphatic carbocycles. The molecular formula is C12H19BN2. The zero-order valence-electron chi connectivity index (χ0n) is 9.59. The Labute approximate surface area is 92.6 Å². The summed E-state index contributed by atoms with van der Waals surface area (Å²) in [4.78, 5) is 0. The van der Waals surface area contributed by atoms with E-state index in [0.29, 0.717) is 6.98 Å². The van der Waals surface area contributed by atoms with E-state index in [1.807, 2.05) is 0 Å². The molecule has 0 atom stereocenters. The minimum atomic E-state index is 0.432. The van der Waals surface area contributed by atoms with E-state index in [0.717, 1.165) is 5.92 Å². The summed E-state index contributed by atoms with van der Waals surface area (Å²) in [6.07, 6.45) is 3.80. The van der Waals surface area contributed by atoms with E-state index in [-0.39, 0.29) is 0 Å². The van der Waals surface area contributed by atoms with Crippen molar-refractivity contribution in [3.8, 4) is 0 Å². The molecule has 0 fully saturated rings. The summed E-state index contributed by atoms with van der Waals surface area (Å²) in [5.41, 5.74) is 2.49. The van der Waals surface area contributed by atoms with Gasteiger partial charge in [0.05, 0.1) is 0 Å². The van der Waals surface area contributed by atoms with E-state index in [4.69, 9.17) is 0 Å². The normalized spacial score (nSPS) is 13.7. The molecule has 2 N–H and O–H groups in total. The Morgan fingerprint density at radius 3 is 2.27 bits per heavy atom. The van der Waals surface area contributed by atoms with Crippen molar-refractivity contribution >= 4 is 18.4 Å². The van der Waals surface area contributed by atoms with Crippen molar-refractivity contribution in [3.05, 3.63) is 24.3 Å². The van der Waals surface area contributed by atoms with Crippen molar-refractivity contribution in [2.75, 3.05) is 10.5 Å². The van der Waals surface area contributed by atoms with Crippen molar-refractivity contribution in [2.45, 2.75) is 33.0 Å². The molecule has 0 unspecified atom stereocenters. The van der Waals surface area contributed by atoms with E-state index >= 15 is 0 Å². The maximum Gasteiger partial charge on any atom is 0.370 e. The van der Waals surface area contributed by atoms with Crippen LogP contribution in [0.25, 0.3) is 0 Å². The summed E-state index contributed by atoms with van der Waals surface area (Å²) < 4.78 is 0. The standard InChI is InChI=1S/C12H19BN2/c1-10(2)6-5-9-13-14-11-7-3-4-8-12(11)15-13/h3-4,7-8,10,14-15H,5-6,9H2,1-2H3. The van der Waals surface area contributed by atoms with Crippen LogP contribution in [0.15, 0.2) is 24.3 Å². The van der Waals surface area contributed by atoms with Gasteiger partial charge in [-0.1, -0.05) is 38.8 Å². The van der Waals surface area contributed by atoms with Crippen LogP contribution in [0, 0.1) is 5.92 Å². The van der Waals surface area contributed by atoms with Gasteiger partial charge in [0.2, 0.25) is 0 Å². The van der Waals surface area contributed by atoms with E-state index in [1.54, 1.807) is 0 Å². The Morgan fingerprint density at radius 1 is 1.13 bits per heavy atom. The number of fused-ring (bicyclic) bond motifs is 1. The first kappa shape index (κ1) is 10.4. The quantitative estimate of drug-likeness (QED) is 0.730. The monoisotopic (exact) mass is 202 g/mol. The lowest BCUT2D eigenvalue weighted by Crippen LogP contribution is -2.27. The molecule has 0 saturated heterocycles. The lowest BCUT2D eigenvalue weighted by molar-refractivity contribution is 0.574. The Balaban J connectivity index is 1.80. The maximum atomic E-state index is 3.50. The van der Waals surface area contributed by atoms with Gasteiger partial charge in [0.1, 0.15) is 0 Å². The first-order chi connectivity index (χ1) is 7.25. The van der Waals surface area contributed by atoms with Crippen molar-refractivity contribution in [1.29, 1.82) is 0 Å². The maximum absolute atomic E-state index is 3.50. The molecule has 1 aromatic rings. The van der Waals surface area contributed by atoms with Crippen LogP contribution in [0.4, 0.5) is 11.4 Å². The number of hydrogen-bond donors (Lipinski definition) is 2. The highest BCUT2D eigenvalue weighted by Crippen LogP contribution is 2.28. The van der Waals surface area contributed by atoms with Gasteiger partial charge in [-0.2, -0.15) is 0 Å². The molecule has 0 radical (unpaired) electrons. The van der Waals surface area contributed by atoms with Crippen molar-refractivity contribution < 1.29 is 0 Å². The second kappa shape index (κ2) is 4.60. The molecule has 3 heteroatoms. The highest BCUT2D eigenvalue weighted by Gasteiger charge is 2.23. The number of nitrogens with one attached hydrogen (secondary N) is 2. The summed E-state index contributed by atoms with van der Waals surface area (Å²) in [6.45, 7) is 5.00. The lowest BCUT2D eigenvalue weighted by atomic mass is 9.72. The molecule has 1 aliphatic rings. The number of benzene rings is 1. The van der Waals surface area contributed by atoms with E-state index in [1.165, 1.54) is 30.5 Å². The van der Waals surface area contributed by atoms with Gasteiger partial charge in [-0.05, 0) is 24.4 Å². The first-order valence-electron chi connectivity index (χ1n) is 5.88. The summed E-state index contributed by atoms with van der Waals surface area (Å²) in [7, 11) is 0. The Kier molecular flexibility index (Phi) is 3.19. The third kappa shape index (κ3) is 2.68. The topological polar surface area (TPSA) is 24.1 Å². The summed E-state index contributed by atoms with van der Waals surface area (Å²) in [6, 6.07) is 8.41. The number of rotatable bonds is 4. The molecule has 0 amide bonds. The third-order valence-electron chi connectivity index (χ3n) is 2.86. The zero-order valence-corrected chi connectivity index (χ0v) is 9.59. The average Bonchev–Trinajstić information content (AvgIpc) is 2.59. The van der Waals surface area contributed by atoms with Crippen LogP contribution in [0.3, 0.4) is 0 Å². The zero-order chi connectivity index (χ0) is 10.7. The predicted octanol–water partition coefficient (Wildman–Crippen LogP) is 3.45. The highest BCUT2D eigenvalue weighted by molar-refractivity contribution is 6.68. The average molecular weight is 202 g/mol. The fourth-order valence-corrected chi connectivity index (χ4v) is 2.02. The summed E-state index contributed by atoms with van der Waals surface area (Å²) >= 11 is 0. The molecule has 15 heavy (non-hydrogen) atoms. The van der Waals surface area contributed by atoms with Gasteiger partial charge >= 0.3 is 6.98 Å². The van der Waals surface area contributed by atoms with Gasteiger partial charge in [-0.3, -0.25) is 0 Å². The Hall–Kier alpha value is -1.12. The van der Waals surface area contributed by atoms with Gasteiger partial charge in [0, 0.05) is 11.4 Å². The molecular weight excluding hydrogens is 183 g/mol. The molecule has 0 spiro atoms. The molecule has 1 heterocycles. The molecule has 0 saturated carbocycles. The number of anilines is 2. The van der Waals surface area contributed by atoms with Crippen LogP contribution in [0.1, 0.15) is 26.7 Å². The van der Waals surface area contributed by atoms with E-state index in [9.17, 15) is 0 Å². The van der Waals surface area contributed by atoms with Gasteiger partial charge in [0.25, 0.3) is 0 Å². The van der Waals surface area contributed by atoms with E-state index < -0.39 is 0 Å². The van der Waals surface area contributed by atoms with Gasteiger partial charge in [-0.15, -0.1) is 0 Å². The first-order valence-corrected chi connectivity index (χ1v) is 5.88. The Morgan fingerprint density at radius 2 is 1.73 bits per heavy atom. The summed E-state index contributed by atoms with van der Waals surface area (Å²) in [5.74, 6) is 0.814. The summed E-state index contributed by atoms with van der Waals surface area (Å²) in [5, 5.41) is 6.99. The second-order valence-electron chi connectivity index (χ2n) is 4.71. The minimum absolute atomic E-state index is 0.432. The molecule has 2 nitrogen and oxygen atoms in total. The van der Waals surface area contributed by atoms with Crippen LogP contribution in [0.5, 0.6) is 0 Å².